The largest absolute Gasteiger partial charge is 0.481 e. The maximum atomic E-state index is 12.2. The molecular weight excluding hydrogens is 276 g/mol. The lowest BCUT2D eigenvalue weighted by molar-refractivity contribution is -0.150. The van der Waals surface area contributed by atoms with Crippen LogP contribution in [0, 0.1) is 11.3 Å². The van der Waals surface area contributed by atoms with Crippen molar-refractivity contribution in [2.75, 3.05) is 31.1 Å². The number of aliphatic carboxylic acids is 1. The molecule has 0 aromatic rings. The highest BCUT2D eigenvalue weighted by Gasteiger charge is 2.39. The van der Waals surface area contributed by atoms with Gasteiger partial charge in [-0.15, -0.1) is 0 Å². The summed E-state index contributed by atoms with van der Waals surface area (Å²) in [5, 5.41) is 12.3. The molecule has 2 N–H and O–H groups in total. The fourth-order valence-corrected chi connectivity index (χ4v) is 4.09. The summed E-state index contributed by atoms with van der Waals surface area (Å²) in [6, 6.07) is -0.101. The first-order valence-electron chi connectivity index (χ1n) is 7.35. The van der Waals surface area contributed by atoms with Crippen molar-refractivity contribution in [1.82, 2.24) is 10.2 Å². The first-order chi connectivity index (χ1) is 9.51. The average molecular weight is 300 g/mol. The summed E-state index contributed by atoms with van der Waals surface area (Å²) >= 11 is 1.98. The van der Waals surface area contributed by atoms with Crippen LogP contribution < -0.4 is 5.32 Å². The van der Waals surface area contributed by atoms with Gasteiger partial charge in [0.05, 0.1) is 5.41 Å². The quantitative estimate of drug-likeness (QED) is 0.836. The van der Waals surface area contributed by atoms with E-state index in [0.29, 0.717) is 25.4 Å². The summed E-state index contributed by atoms with van der Waals surface area (Å²) in [5.41, 5.74) is -0.795. The molecule has 0 spiro atoms. The van der Waals surface area contributed by atoms with Gasteiger partial charge < -0.3 is 15.3 Å². The van der Waals surface area contributed by atoms with E-state index in [9.17, 15) is 14.7 Å². The van der Waals surface area contributed by atoms with Gasteiger partial charge in [-0.05, 0) is 50.0 Å². The number of amides is 2. The second-order valence-electron chi connectivity index (χ2n) is 6.13. The molecule has 5 nitrogen and oxygen atoms in total. The Bertz CT molecular complexity index is 371. The maximum absolute atomic E-state index is 12.2. The van der Waals surface area contributed by atoms with E-state index in [0.717, 1.165) is 25.8 Å². The maximum Gasteiger partial charge on any atom is 0.317 e. The summed E-state index contributed by atoms with van der Waals surface area (Å²) < 4.78 is 0. The Hall–Kier alpha value is -0.910. The number of nitrogens with zero attached hydrogens (tertiary/aromatic N) is 1. The lowest BCUT2D eigenvalue weighted by atomic mass is 9.82. The zero-order chi connectivity index (χ0) is 14.6. The van der Waals surface area contributed by atoms with E-state index in [4.69, 9.17) is 0 Å². The number of urea groups is 1. The SMILES string of the molecule is CC1(C(=O)O)CCCN(C(=O)NCC2CCSCC2)C1. The van der Waals surface area contributed by atoms with Gasteiger partial charge in [0.1, 0.15) is 0 Å². The summed E-state index contributed by atoms with van der Waals surface area (Å²) in [6.45, 7) is 3.43. The highest BCUT2D eigenvalue weighted by molar-refractivity contribution is 7.99. The number of hydrogen-bond donors (Lipinski definition) is 2. The first kappa shape index (κ1) is 15.5. The fourth-order valence-electron chi connectivity index (χ4n) is 2.88. The van der Waals surface area contributed by atoms with Crippen molar-refractivity contribution in [3.8, 4) is 0 Å². The van der Waals surface area contributed by atoms with Gasteiger partial charge in [0, 0.05) is 19.6 Å². The molecule has 0 aromatic carbocycles. The minimum atomic E-state index is -0.806. The van der Waals surface area contributed by atoms with Crippen LogP contribution in [-0.4, -0.2) is 53.1 Å². The first-order valence-corrected chi connectivity index (χ1v) is 8.51. The number of hydrogen-bond acceptors (Lipinski definition) is 3. The molecule has 2 rings (SSSR count). The van der Waals surface area contributed by atoms with Gasteiger partial charge in [0.15, 0.2) is 0 Å². The Labute approximate surface area is 124 Å². The van der Waals surface area contributed by atoms with Crippen molar-refractivity contribution in [2.24, 2.45) is 11.3 Å². The van der Waals surface area contributed by atoms with E-state index in [-0.39, 0.29) is 6.03 Å². The number of carbonyl (C=O) groups excluding carboxylic acids is 1. The standard InChI is InChI=1S/C14H24N2O3S/c1-14(12(17)18)5-2-6-16(10-14)13(19)15-9-11-3-7-20-8-4-11/h11H,2-10H2,1H3,(H,15,19)(H,17,18). The van der Waals surface area contributed by atoms with E-state index in [1.165, 1.54) is 11.5 Å². The van der Waals surface area contributed by atoms with Crippen molar-refractivity contribution in [2.45, 2.75) is 32.6 Å². The van der Waals surface area contributed by atoms with Crippen LogP contribution in [0.25, 0.3) is 0 Å². The topological polar surface area (TPSA) is 69.6 Å². The molecule has 2 aliphatic rings. The van der Waals surface area contributed by atoms with Crippen molar-refractivity contribution >= 4 is 23.8 Å². The molecule has 2 fully saturated rings. The monoisotopic (exact) mass is 300 g/mol. The van der Waals surface area contributed by atoms with Crippen LogP contribution in [0.15, 0.2) is 0 Å². The minimum Gasteiger partial charge on any atom is -0.481 e. The minimum absolute atomic E-state index is 0.101. The molecule has 0 aliphatic carbocycles. The van der Waals surface area contributed by atoms with Gasteiger partial charge in [0.25, 0.3) is 0 Å². The lowest BCUT2D eigenvalue weighted by Gasteiger charge is -2.37. The van der Waals surface area contributed by atoms with Crippen LogP contribution in [0.2, 0.25) is 0 Å². The summed E-state index contributed by atoms with van der Waals surface area (Å²) in [6.07, 6.45) is 3.73. The molecule has 1 unspecified atom stereocenters. The zero-order valence-corrected chi connectivity index (χ0v) is 12.9. The number of thioether (sulfide) groups is 1. The Morgan fingerprint density at radius 3 is 2.75 bits per heavy atom. The van der Waals surface area contributed by atoms with Crippen LogP contribution >= 0.6 is 11.8 Å². The van der Waals surface area contributed by atoms with Gasteiger partial charge in [0.2, 0.25) is 0 Å². The van der Waals surface area contributed by atoms with Crippen LogP contribution in [0.4, 0.5) is 4.79 Å². The number of carboxylic acids is 1. The molecule has 114 valence electrons. The number of likely N-dealkylation sites (tertiary alicyclic amines) is 1. The molecule has 2 heterocycles. The molecule has 2 aliphatic heterocycles. The smallest absolute Gasteiger partial charge is 0.317 e. The van der Waals surface area contributed by atoms with Gasteiger partial charge in [-0.1, -0.05) is 0 Å². The van der Waals surface area contributed by atoms with Crippen LogP contribution in [0.5, 0.6) is 0 Å². The normalized spacial score (nSPS) is 28.1. The highest BCUT2D eigenvalue weighted by atomic mass is 32.2. The zero-order valence-electron chi connectivity index (χ0n) is 12.1. The van der Waals surface area contributed by atoms with E-state index < -0.39 is 11.4 Å². The fraction of sp³-hybridized carbons (Fsp3) is 0.857. The molecule has 1 atom stereocenters. The van der Waals surface area contributed by atoms with Gasteiger partial charge in [-0.2, -0.15) is 11.8 Å². The van der Waals surface area contributed by atoms with E-state index in [2.05, 4.69) is 5.32 Å². The molecule has 0 saturated carbocycles. The van der Waals surface area contributed by atoms with E-state index in [1.54, 1.807) is 11.8 Å². The summed E-state index contributed by atoms with van der Waals surface area (Å²) in [7, 11) is 0. The summed E-state index contributed by atoms with van der Waals surface area (Å²) in [5.74, 6) is 2.14. The predicted octanol–water partition coefficient (Wildman–Crippen LogP) is 2.03. The molecule has 6 heteroatoms. The molecule has 0 aromatic heterocycles. The van der Waals surface area contributed by atoms with Crippen LogP contribution in [0.1, 0.15) is 32.6 Å². The summed E-state index contributed by atoms with van der Waals surface area (Å²) in [4.78, 5) is 25.1. The molecule has 2 amide bonds. The number of nitrogens with one attached hydrogen (secondary N) is 1. The third-order valence-corrected chi connectivity index (χ3v) is 5.43. The molecule has 2 saturated heterocycles. The Morgan fingerprint density at radius 2 is 2.10 bits per heavy atom. The number of carboxylic acid groups (broad SMARTS) is 1. The van der Waals surface area contributed by atoms with Crippen LogP contribution in [0.3, 0.4) is 0 Å². The molecule has 0 bridgehead atoms. The van der Waals surface area contributed by atoms with E-state index in [1.807, 2.05) is 11.8 Å². The Kier molecular flexibility index (Phi) is 5.18. The van der Waals surface area contributed by atoms with Crippen molar-refractivity contribution in [3.05, 3.63) is 0 Å². The third-order valence-electron chi connectivity index (χ3n) is 4.38. The Morgan fingerprint density at radius 1 is 1.40 bits per heavy atom. The van der Waals surface area contributed by atoms with Crippen molar-refractivity contribution in [3.63, 3.8) is 0 Å². The predicted molar refractivity (Wildman–Crippen MR) is 80.0 cm³/mol. The lowest BCUT2D eigenvalue weighted by Crippen LogP contribution is -2.52. The molecular formula is C14H24N2O3S. The second kappa shape index (κ2) is 6.70. The molecule has 0 radical (unpaired) electrons. The van der Waals surface area contributed by atoms with Crippen molar-refractivity contribution in [1.29, 1.82) is 0 Å². The number of rotatable bonds is 3. The van der Waals surface area contributed by atoms with Gasteiger partial charge in [-0.3, -0.25) is 4.79 Å². The van der Waals surface area contributed by atoms with Gasteiger partial charge in [-0.25, -0.2) is 4.79 Å². The van der Waals surface area contributed by atoms with Crippen LogP contribution in [-0.2, 0) is 4.79 Å². The highest BCUT2D eigenvalue weighted by Crippen LogP contribution is 2.29. The Balaban J connectivity index is 1.81. The van der Waals surface area contributed by atoms with E-state index >= 15 is 0 Å². The number of piperidine rings is 1. The molecule has 20 heavy (non-hydrogen) atoms. The second-order valence-corrected chi connectivity index (χ2v) is 7.36. The third kappa shape index (κ3) is 3.81. The van der Waals surface area contributed by atoms with Crippen molar-refractivity contribution < 1.29 is 14.7 Å². The number of carbonyl (C=O) groups is 2. The average Bonchev–Trinajstić information content (AvgIpc) is 2.46. The van der Waals surface area contributed by atoms with Gasteiger partial charge >= 0.3 is 12.0 Å².